The maximum absolute atomic E-state index is 13.3. The number of carboxylic acids is 1. The molecule has 3 heterocycles. The summed E-state index contributed by atoms with van der Waals surface area (Å²) in [5, 5.41) is 12.5. The van der Waals surface area contributed by atoms with Gasteiger partial charge in [0.05, 0.1) is 12.7 Å². The molecule has 7 heteroatoms. The molecule has 158 valence electrons. The van der Waals surface area contributed by atoms with Crippen molar-refractivity contribution >= 4 is 17.6 Å². The standard InChI is InChI=1S/C23H26N2O5/c1-29-19-8-3-2-7-18(19)21(24-17-6-4-5-16(13-17)22(26)27)23(28)30-20-14-25-11-9-15(20)10-12-25/h2-8,13,15,20-21,24H,9-12,14H2,1H3,(H,26,27)/t20-,21?/m0/s1. The van der Waals surface area contributed by atoms with E-state index >= 15 is 0 Å². The number of piperidine rings is 3. The van der Waals surface area contributed by atoms with Crippen molar-refractivity contribution in [2.45, 2.75) is 25.0 Å². The number of carbonyl (C=O) groups excluding carboxylic acids is 1. The SMILES string of the molecule is COc1ccccc1C(Nc1cccc(C(=O)O)c1)C(=O)O[C@H]1CN2CCC1CC2. The number of ether oxygens (including phenoxy) is 2. The Bertz CT molecular complexity index is 923. The smallest absolute Gasteiger partial charge is 0.335 e. The molecule has 2 bridgehead atoms. The maximum Gasteiger partial charge on any atom is 0.335 e. The number of hydrogen-bond acceptors (Lipinski definition) is 6. The van der Waals surface area contributed by atoms with E-state index < -0.39 is 12.0 Å². The molecule has 1 unspecified atom stereocenters. The molecule has 7 nitrogen and oxygen atoms in total. The van der Waals surface area contributed by atoms with Crippen LogP contribution in [0.4, 0.5) is 5.69 Å². The number of methoxy groups -OCH3 is 1. The Balaban J connectivity index is 1.61. The maximum atomic E-state index is 13.3. The molecule has 30 heavy (non-hydrogen) atoms. The van der Waals surface area contributed by atoms with Crippen molar-refractivity contribution in [3.63, 3.8) is 0 Å². The van der Waals surface area contributed by atoms with Crippen molar-refractivity contribution in [3.05, 3.63) is 59.7 Å². The molecule has 0 spiro atoms. The second kappa shape index (κ2) is 8.75. The topological polar surface area (TPSA) is 88.1 Å². The third-order valence-electron chi connectivity index (χ3n) is 5.97. The first kappa shape index (κ1) is 20.2. The van der Waals surface area contributed by atoms with Crippen molar-refractivity contribution in [1.82, 2.24) is 4.90 Å². The molecular formula is C23H26N2O5. The summed E-state index contributed by atoms with van der Waals surface area (Å²) in [6, 6.07) is 12.9. The van der Waals surface area contributed by atoms with Crippen LogP contribution in [0.5, 0.6) is 5.75 Å². The highest BCUT2D eigenvalue weighted by Gasteiger charge is 2.38. The molecule has 2 aromatic rings. The van der Waals surface area contributed by atoms with E-state index in [0.29, 0.717) is 22.9 Å². The average molecular weight is 410 g/mol. The van der Waals surface area contributed by atoms with Gasteiger partial charge in [0.2, 0.25) is 0 Å². The molecule has 2 N–H and O–H groups in total. The van der Waals surface area contributed by atoms with E-state index in [1.807, 2.05) is 18.2 Å². The zero-order valence-electron chi connectivity index (χ0n) is 16.9. The van der Waals surface area contributed by atoms with Crippen LogP contribution in [0.15, 0.2) is 48.5 Å². The first-order chi connectivity index (χ1) is 14.5. The molecular weight excluding hydrogens is 384 g/mol. The van der Waals surface area contributed by atoms with Gasteiger partial charge < -0.3 is 19.9 Å². The first-order valence-corrected chi connectivity index (χ1v) is 10.2. The lowest BCUT2D eigenvalue weighted by molar-refractivity contribution is -0.160. The largest absolute Gasteiger partial charge is 0.496 e. The van der Waals surface area contributed by atoms with E-state index in [1.165, 1.54) is 12.1 Å². The Morgan fingerprint density at radius 3 is 2.57 bits per heavy atom. The van der Waals surface area contributed by atoms with E-state index in [2.05, 4.69) is 10.2 Å². The number of nitrogens with zero attached hydrogens (tertiary/aromatic N) is 1. The van der Waals surface area contributed by atoms with Gasteiger partial charge >= 0.3 is 11.9 Å². The van der Waals surface area contributed by atoms with Gasteiger partial charge in [-0.2, -0.15) is 0 Å². The lowest BCUT2D eigenvalue weighted by Gasteiger charge is -2.44. The molecule has 5 rings (SSSR count). The van der Waals surface area contributed by atoms with Crippen LogP contribution in [0.1, 0.15) is 34.8 Å². The highest BCUT2D eigenvalue weighted by Crippen LogP contribution is 2.33. The second-order valence-corrected chi connectivity index (χ2v) is 7.82. The van der Waals surface area contributed by atoms with E-state index in [0.717, 1.165) is 32.5 Å². The van der Waals surface area contributed by atoms with E-state index in [9.17, 15) is 14.7 Å². The van der Waals surface area contributed by atoms with Crippen LogP contribution in [-0.2, 0) is 9.53 Å². The normalized spacial score (nSPS) is 23.4. The van der Waals surface area contributed by atoms with Crippen molar-refractivity contribution < 1.29 is 24.2 Å². The summed E-state index contributed by atoms with van der Waals surface area (Å²) in [4.78, 5) is 27.0. The van der Waals surface area contributed by atoms with Gasteiger partial charge in [0, 0.05) is 17.8 Å². The molecule has 2 atom stereocenters. The minimum absolute atomic E-state index is 0.121. The highest BCUT2D eigenvalue weighted by molar-refractivity contribution is 5.89. The Morgan fingerprint density at radius 2 is 1.90 bits per heavy atom. The third-order valence-corrected chi connectivity index (χ3v) is 5.97. The summed E-state index contributed by atoms with van der Waals surface area (Å²) in [5.74, 6) is -0.454. The van der Waals surface area contributed by atoms with E-state index in [-0.39, 0.29) is 17.6 Å². The Labute approximate surface area is 175 Å². The summed E-state index contributed by atoms with van der Waals surface area (Å²) in [5.41, 5.74) is 1.31. The fourth-order valence-corrected chi connectivity index (χ4v) is 4.34. The van der Waals surface area contributed by atoms with Gasteiger partial charge in [-0.25, -0.2) is 9.59 Å². The van der Waals surface area contributed by atoms with Crippen LogP contribution in [0.2, 0.25) is 0 Å². The van der Waals surface area contributed by atoms with Crippen LogP contribution in [0, 0.1) is 5.92 Å². The number of rotatable bonds is 7. The highest BCUT2D eigenvalue weighted by atomic mass is 16.5. The quantitative estimate of drug-likeness (QED) is 0.678. The predicted molar refractivity (Wildman–Crippen MR) is 112 cm³/mol. The number of hydrogen-bond donors (Lipinski definition) is 2. The summed E-state index contributed by atoms with van der Waals surface area (Å²) in [6.45, 7) is 2.90. The van der Waals surface area contributed by atoms with Gasteiger partial charge in [-0.3, -0.25) is 4.90 Å². The van der Waals surface area contributed by atoms with Crippen molar-refractivity contribution in [2.24, 2.45) is 5.92 Å². The minimum Gasteiger partial charge on any atom is -0.496 e. The van der Waals surface area contributed by atoms with Crippen LogP contribution in [0.3, 0.4) is 0 Å². The Morgan fingerprint density at radius 1 is 1.13 bits per heavy atom. The summed E-state index contributed by atoms with van der Waals surface area (Å²) < 4.78 is 11.4. The summed E-state index contributed by atoms with van der Waals surface area (Å²) in [7, 11) is 1.56. The molecule has 0 radical (unpaired) electrons. The molecule has 0 saturated carbocycles. The fourth-order valence-electron chi connectivity index (χ4n) is 4.34. The zero-order chi connectivity index (χ0) is 21.1. The number of esters is 1. The lowest BCUT2D eigenvalue weighted by Crippen LogP contribution is -2.52. The summed E-state index contributed by atoms with van der Waals surface area (Å²) in [6.07, 6.45) is 1.97. The number of nitrogens with one attached hydrogen (secondary N) is 1. The molecule has 0 aromatic heterocycles. The average Bonchev–Trinajstić information content (AvgIpc) is 2.78. The summed E-state index contributed by atoms with van der Waals surface area (Å²) >= 11 is 0. The van der Waals surface area contributed by atoms with Gasteiger partial charge in [-0.15, -0.1) is 0 Å². The molecule has 3 aliphatic rings. The number of carboxylic acid groups (broad SMARTS) is 1. The monoisotopic (exact) mass is 410 g/mol. The zero-order valence-corrected chi connectivity index (χ0v) is 16.9. The van der Waals surface area contributed by atoms with Gasteiger partial charge in [-0.05, 0) is 56.1 Å². The Hall–Kier alpha value is -3.06. The van der Waals surface area contributed by atoms with Crippen LogP contribution < -0.4 is 10.1 Å². The van der Waals surface area contributed by atoms with E-state index in [1.54, 1.807) is 25.3 Å². The van der Waals surface area contributed by atoms with Crippen LogP contribution in [-0.4, -0.2) is 54.8 Å². The van der Waals surface area contributed by atoms with Crippen molar-refractivity contribution in [3.8, 4) is 5.75 Å². The Kier molecular flexibility index (Phi) is 5.90. The number of fused-ring (bicyclic) bond motifs is 3. The predicted octanol–water partition coefficient (Wildman–Crippen LogP) is 3.18. The molecule has 2 aromatic carbocycles. The van der Waals surface area contributed by atoms with Gasteiger partial charge in [0.15, 0.2) is 6.04 Å². The number of benzene rings is 2. The fraction of sp³-hybridized carbons (Fsp3) is 0.391. The molecule has 0 aliphatic carbocycles. The molecule has 3 saturated heterocycles. The number of para-hydroxylation sites is 1. The molecule has 0 amide bonds. The van der Waals surface area contributed by atoms with Crippen molar-refractivity contribution in [1.29, 1.82) is 0 Å². The van der Waals surface area contributed by atoms with E-state index in [4.69, 9.17) is 9.47 Å². The second-order valence-electron chi connectivity index (χ2n) is 7.82. The lowest BCUT2D eigenvalue weighted by atomic mass is 9.86. The number of anilines is 1. The number of carbonyl (C=O) groups is 2. The third kappa shape index (κ3) is 4.26. The van der Waals surface area contributed by atoms with Crippen LogP contribution >= 0.6 is 0 Å². The first-order valence-electron chi connectivity index (χ1n) is 10.2. The molecule has 3 aliphatic heterocycles. The van der Waals surface area contributed by atoms with Crippen molar-refractivity contribution in [2.75, 3.05) is 32.1 Å². The number of aromatic carboxylic acids is 1. The van der Waals surface area contributed by atoms with Gasteiger partial charge in [0.1, 0.15) is 11.9 Å². The van der Waals surface area contributed by atoms with Crippen LogP contribution in [0.25, 0.3) is 0 Å². The minimum atomic E-state index is -1.03. The molecule has 3 fully saturated rings. The van der Waals surface area contributed by atoms with Gasteiger partial charge in [-0.1, -0.05) is 24.3 Å². The van der Waals surface area contributed by atoms with Gasteiger partial charge in [0.25, 0.3) is 0 Å².